The van der Waals surface area contributed by atoms with Crippen molar-refractivity contribution in [2.45, 2.75) is 32.9 Å². The Hall–Kier alpha value is -1.36. The third-order valence-corrected chi connectivity index (χ3v) is 3.61. The van der Waals surface area contributed by atoms with Crippen molar-refractivity contribution in [1.29, 1.82) is 0 Å². The highest BCUT2D eigenvalue weighted by molar-refractivity contribution is 7.12. The predicted molar refractivity (Wildman–Crippen MR) is 66.5 cm³/mol. The Balaban J connectivity index is 2.21. The molecule has 4 nitrogen and oxygen atoms in total. The smallest absolute Gasteiger partial charge is 0.335 e. The van der Waals surface area contributed by atoms with Gasteiger partial charge in [-0.2, -0.15) is 0 Å². The Labute approximate surface area is 104 Å². The molecule has 0 radical (unpaired) electrons. The van der Waals surface area contributed by atoms with Gasteiger partial charge in [0.15, 0.2) is 18.5 Å². The summed E-state index contributed by atoms with van der Waals surface area (Å²) in [5.41, 5.74) is 1.03. The first-order chi connectivity index (χ1) is 8.13. The first-order valence-corrected chi connectivity index (χ1v) is 6.35. The van der Waals surface area contributed by atoms with E-state index in [1.165, 1.54) is 11.3 Å². The minimum Gasteiger partial charge on any atom is -0.473 e. The van der Waals surface area contributed by atoms with E-state index in [0.717, 1.165) is 10.4 Å². The van der Waals surface area contributed by atoms with Crippen molar-refractivity contribution in [2.75, 3.05) is 6.61 Å². The first-order valence-electron chi connectivity index (χ1n) is 5.54. The highest BCUT2D eigenvalue weighted by atomic mass is 32.1. The van der Waals surface area contributed by atoms with E-state index < -0.39 is 6.04 Å². The van der Waals surface area contributed by atoms with Gasteiger partial charge in [-0.15, -0.1) is 11.3 Å². The molecule has 17 heavy (non-hydrogen) atoms. The zero-order chi connectivity index (χ0) is 12.4. The first kappa shape index (κ1) is 12.1. The van der Waals surface area contributed by atoms with Crippen molar-refractivity contribution in [3.8, 4) is 0 Å². The van der Waals surface area contributed by atoms with Gasteiger partial charge < -0.3 is 9.47 Å². The minimum absolute atomic E-state index is 0.325. The Bertz CT molecular complexity index is 453. The van der Waals surface area contributed by atoms with E-state index in [2.05, 4.69) is 4.99 Å². The molecular formula is C12H15NO3S. The second-order valence-electron chi connectivity index (χ2n) is 3.88. The largest absolute Gasteiger partial charge is 0.473 e. The van der Waals surface area contributed by atoms with Crippen molar-refractivity contribution >= 4 is 23.7 Å². The molecule has 0 aliphatic carbocycles. The van der Waals surface area contributed by atoms with Crippen LogP contribution in [0, 0.1) is 13.8 Å². The zero-order valence-corrected chi connectivity index (χ0v) is 10.9. The molecule has 0 aromatic carbocycles. The fraction of sp³-hybridized carbons (Fsp3) is 0.500. The predicted octanol–water partition coefficient (Wildman–Crippen LogP) is 2.40. The second-order valence-corrected chi connectivity index (χ2v) is 5.34. The molecule has 1 aromatic heterocycles. The quantitative estimate of drug-likeness (QED) is 0.777. The SMILES string of the molecule is CCOC(=O)C1N=COC1c1cc(C)sc1C. The maximum atomic E-state index is 11.7. The maximum Gasteiger partial charge on any atom is 0.335 e. The fourth-order valence-corrected chi connectivity index (χ4v) is 2.87. The molecule has 1 aliphatic rings. The summed E-state index contributed by atoms with van der Waals surface area (Å²) in [7, 11) is 0. The Morgan fingerprint density at radius 2 is 2.35 bits per heavy atom. The summed E-state index contributed by atoms with van der Waals surface area (Å²) in [5.74, 6) is -0.325. The standard InChI is InChI=1S/C12H15NO3S/c1-4-15-12(14)10-11(16-6-13-10)9-5-7(2)17-8(9)3/h5-6,10-11H,4H2,1-3H3. The summed E-state index contributed by atoms with van der Waals surface area (Å²) < 4.78 is 10.4. The van der Waals surface area contributed by atoms with Crippen molar-refractivity contribution < 1.29 is 14.3 Å². The average molecular weight is 253 g/mol. The molecular weight excluding hydrogens is 238 g/mol. The highest BCUT2D eigenvalue weighted by Gasteiger charge is 2.36. The lowest BCUT2D eigenvalue weighted by Crippen LogP contribution is -2.26. The van der Waals surface area contributed by atoms with Gasteiger partial charge in [0.2, 0.25) is 0 Å². The van der Waals surface area contributed by atoms with Crippen LogP contribution in [0.1, 0.15) is 28.3 Å². The van der Waals surface area contributed by atoms with Crippen molar-refractivity contribution in [2.24, 2.45) is 4.99 Å². The van der Waals surface area contributed by atoms with Gasteiger partial charge in [0, 0.05) is 15.3 Å². The lowest BCUT2D eigenvalue weighted by Gasteiger charge is -2.15. The summed E-state index contributed by atoms with van der Waals surface area (Å²) in [6, 6.07) is 1.48. The zero-order valence-electron chi connectivity index (χ0n) is 10.1. The third-order valence-electron chi connectivity index (χ3n) is 2.63. The van der Waals surface area contributed by atoms with Crippen LogP contribution in [0.2, 0.25) is 0 Å². The molecule has 2 heterocycles. The summed E-state index contributed by atoms with van der Waals surface area (Å²) in [4.78, 5) is 18.1. The van der Waals surface area contributed by atoms with E-state index in [9.17, 15) is 4.79 Å². The summed E-state index contributed by atoms with van der Waals surface area (Å²) in [6.45, 7) is 6.21. The minimum atomic E-state index is -0.567. The van der Waals surface area contributed by atoms with Crippen LogP contribution >= 0.6 is 11.3 Å². The van der Waals surface area contributed by atoms with Crippen molar-refractivity contribution in [3.63, 3.8) is 0 Å². The normalized spacial score (nSPS) is 22.5. The lowest BCUT2D eigenvalue weighted by molar-refractivity contribution is -0.146. The van der Waals surface area contributed by atoms with Gasteiger partial charge in [-0.1, -0.05) is 0 Å². The lowest BCUT2D eigenvalue weighted by atomic mass is 10.0. The molecule has 2 atom stereocenters. The van der Waals surface area contributed by atoms with Gasteiger partial charge in [0.25, 0.3) is 0 Å². The van der Waals surface area contributed by atoms with E-state index in [1.807, 2.05) is 19.9 Å². The van der Waals surface area contributed by atoms with Gasteiger partial charge in [-0.3, -0.25) is 0 Å². The van der Waals surface area contributed by atoms with E-state index in [1.54, 1.807) is 18.3 Å². The number of nitrogens with zero attached hydrogens (tertiary/aromatic N) is 1. The Morgan fingerprint density at radius 1 is 1.59 bits per heavy atom. The van der Waals surface area contributed by atoms with Crippen LogP contribution < -0.4 is 0 Å². The number of aliphatic imine (C=N–C) groups is 1. The number of carbonyl (C=O) groups excluding carboxylic acids is 1. The van der Waals surface area contributed by atoms with Gasteiger partial charge in [0.05, 0.1) is 6.61 Å². The van der Waals surface area contributed by atoms with Crippen LogP contribution in [0.4, 0.5) is 0 Å². The van der Waals surface area contributed by atoms with Crippen LogP contribution in [0.5, 0.6) is 0 Å². The molecule has 0 saturated carbocycles. The number of carbonyl (C=O) groups is 1. The number of hydrogen-bond donors (Lipinski definition) is 0. The second kappa shape index (κ2) is 4.87. The highest BCUT2D eigenvalue weighted by Crippen LogP contribution is 2.34. The number of hydrogen-bond acceptors (Lipinski definition) is 5. The molecule has 0 fully saturated rings. The monoisotopic (exact) mass is 253 g/mol. The molecule has 0 bridgehead atoms. The molecule has 0 spiro atoms. The van der Waals surface area contributed by atoms with Gasteiger partial charge in [-0.25, -0.2) is 9.79 Å². The fourth-order valence-electron chi connectivity index (χ4n) is 1.91. The molecule has 5 heteroatoms. The van der Waals surface area contributed by atoms with E-state index >= 15 is 0 Å². The van der Waals surface area contributed by atoms with E-state index in [-0.39, 0.29) is 12.1 Å². The number of esters is 1. The summed E-state index contributed by atoms with van der Waals surface area (Å²) in [5, 5.41) is 0. The van der Waals surface area contributed by atoms with Crippen molar-refractivity contribution in [1.82, 2.24) is 0 Å². The van der Waals surface area contributed by atoms with E-state index in [0.29, 0.717) is 6.61 Å². The third kappa shape index (κ3) is 2.34. The number of aryl methyl sites for hydroxylation is 2. The van der Waals surface area contributed by atoms with E-state index in [4.69, 9.17) is 9.47 Å². The summed E-state index contributed by atoms with van der Waals surface area (Å²) >= 11 is 1.70. The number of thiophene rings is 1. The topological polar surface area (TPSA) is 47.9 Å². The van der Waals surface area contributed by atoms with Crippen LogP contribution in [-0.2, 0) is 14.3 Å². The molecule has 0 saturated heterocycles. The van der Waals surface area contributed by atoms with Crippen molar-refractivity contribution in [3.05, 3.63) is 21.4 Å². The van der Waals surface area contributed by atoms with Crippen LogP contribution in [0.25, 0.3) is 0 Å². The molecule has 0 N–H and O–H groups in total. The van der Waals surface area contributed by atoms with Crippen LogP contribution in [0.15, 0.2) is 11.1 Å². The molecule has 2 rings (SSSR count). The summed E-state index contributed by atoms with van der Waals surface area (Å²) in [6.07, 6.45) is 1.01. The van der Waals surface area contributed by atoms with Gasteiger partial charge in [0.1, 0.15) is 0 Å². The molecule has 92 valence electrons. The number of ether oxygens (including phenoxy) is 2. The molecule has 0 amide bonds. The molecule has 1 aromatic rings. The molecule has 2 unspecified atom stereocenters. The van der Waals surface area contributed by atoms with Gasteiger partial charge in [-0.05, 0) is 26.8 Å². The Morgan fingerprint density at radius 3 is 2.94 bits per heavy atom. The van der Waals surface area contributed by atoms with Gasteiger partial charge >= 0.3 is 5.97 Å². The molecule has 1 aliphatic heterocycles. The average Bonchev–Trinajstić information content (AvgIpc) is 2.84. The van der Waals surface area contributed by atoms with Crippen LogP contribution in [0.3, 0.4) is 0 Å². The number of rotatable bonds is 3. The van der Waals surface area contributed by atoms with Crippen LogP contribution in [-0.4, -0.2) is 25.0 Å². The Kier molecular flexibility index (Phi) is 3.47. The maximum absolute atomic E-state index is 11.7.